The molecule has 2 amide bonds. The molecule has 0 radical (unpaired) electrons. The van der Waals surface area contributed by atoms with Crippen LogP contribution >= 0.6 is 0 Å². The van der Waals surface area contributed by atoms with Gasteiger partial charge in [-0.05, 0) is 50.7 Å². The van der Waals surface area contributed by atoms with Gasteiger partial charge in [0.25, 0.3) is 0 Å². The van der Waals surface area contributed by atoms with Crippen molar-refractivity contribution in [3.63, 3.8) is 0 Å². The number of likely N-dealkylation sites (tertiary alicyclic amines) is 1. The number of pyridine rings is 1. The second-order valence-corrected chi connectivity index (χ2v) is 8.03. The van der Waals surface area contributed by atoms with Crippen LogP contribution in [0.2, 0.25) is 0 Å². The van der Waals surface area contributed by atoms with Crippen LogP contribution in [0.3, 0.4) is 0 Å². The van der Waals surface area contributed by atoms with Gasteiger partial charge in [0.15, 0.2) is 0 Å². The monoisotopic (exact) mass is 357 g/mol. The number of amides is 2. The van der Waals surface area contributed by atoms with E-state index in [0.717, 1.165) is 50.8 Å². The van der Waals surface area contributed by atoms with Gasteiger partial charge < -0.3 is 14.5 Å². The van der Waals surface area contributed by atoms with E-state index in [0.29, 0.717) is 19.5 Å². The molecule has 26 heavy (non-hydrogen) atoms. The van der Waals surface area contributed by atoms with E-state index in [1.165, 1.54) is 0 Å². The number of ether oxygens (including phenoxy) is 1. The van der Waals surface area contributed by atoms with Crippen LogP contribution in [0.4, 0.5) is 5.69 Å². The van der Waals surface area contributed by atoms with Crippen LogP contribution in [0, 0.1) is 5.41 Å². The number of anilines is 1. The lowest BCUT2D eigenvalue weighted by atomic mass is 9.76. The Morgan fingerprint density at radius 1 is 1.23 bits per heavy atom. The Morgan fingerprint density at radius 2 is 2.08 bits per heavy atom. The average Bonchev–Trinajstić information content (AvgIpc) is 2.95. The normalized spacial score (nSPS) is 27.7. The number of methoxy groups -OCH3 is 1. The molecule has 140 valence electrons. The Bertz CT molecular complexity index is 683. The Balaban J connectivity index is 1.46. The predicted octanol–water partition coefficient (Wildman–Crippen LogP) is 2.39. The molecule has 2 aliphatic heterocycles. The van der Waals surface area contributed by atoms with Gasteiger partial charge in [-0.15, -0.1) is 0 Å². The molecule has 3 heterocycles. The van der Waals surface area contributed by atoms with Crippen molar-refractivity contribution in [2.45, 2.75) is 50.5 Å². The van der Waals surface area contributed by atoms with Gasteiger partial charge in [-0.1, -0.05) is 0 Å². The van der Waals surface area contributed by atoms with Gasteiger partial charge in [0.05, 0.1) is 29.3 Å². The molecule has 1 aromatic heterocycles. The average molecular weight is 357 g/mol. The quantitative estimate of drug-likeness (QED) is 0.830. The molecule has 6 heteroatoms. The SMILES string of the molecule is COC1(CC(=O)N2CCCC3(CCN(c4cccnc4)C3=O)C2)CCC1. The smallest absolute Gasteiger partial charge is 0.235 e. The first kappa shape index (κ1) is 17.5. The van der Waals surface area contributed by atoms with Crippen LogP contribution in [0.1, 0.15) is 44.9 Å². The fourth-order valence-corrected chi connectivity index (χ4v) is 4.72. The van der Waals surface area contributed by atoms with E-state index >= 15 is 0 Å². The van der Waals surface area contributed by atoms with Crippen LogP contribution in [-0.2, 0) is 14.3 Å². The molecule has 1 aliphatic carbocycles. The minimum atomic E-state index is -0.427. The summed E-state index contributed by atoms with van der Waals surface area (Å²) in [6, 6.07) is 3.78. The Hall–Kier alpha value is -1.95. The molecule has 0 aromatic carbocycles. The highest BCUT2D eigenvalue weighted by atomic mass is 16.5. The van der Waals surface area contributed by atoms with Crippen molar-refractivity contribution in [3.05, 3.63) is 24.5 Å². The number of carbonyl (C=O) groups is 2. The number of nitrogens with zero attached hydrogens (tertiary/aromatic N) is 3. The molecular formula is C20H27N3O3. The maximum atomic E-state index is 13.2. The summed E-state index contributed by atoms with van der Waals surface area (Å²) in [5, 5.41) is 0. The Labute approximate surface area is 154 Å². The van der Waals surface area contributed by atoms with Crippen LogP contribution in [0.15, 0.2) is 24.5 Å². The third-order valence-electron chi connectivity index (χ3n) is 6.57. The minimum Gasteiger partial charge on any atom is -0.378 e. The molecule has 1 atom stereocenters. The summed E-state index contributed by atoms with van der Waals surface area (Å²) in [7, 11) is 1.70. The van der Waals surface area contributed by atoms with Crippen molar-refractivity contribution >= 4 is 17.5 Å². The van der Waals surface area contributed by atoms with Gasteiger partial charge in [0.2, 0.25) is 11.8 Å². The van der Waals surface area contributed by atoms with E-state index in [1.807, 2.05) is 21.9 Å². The topological polar surface area (TPSA) is 62.7 Å². The second-order valence-electron chi connectivity index (χ2n) is 8.03. The number of hydrogen-bond acceptors (Lipinski definition) is 4. The predicted molar refractivity (Wildman–Crippen MR) is 97.7 cm³/mol. The molecule has 1 unspecified atom stereocenters. The van der Waals surface area contributed by atoms with Crippen molar-refractivity contribution in [2.75, 3.05) is 31.6 Å². The highest BCUT2D eigenvalue weighted by Gasteiger charge is 2.50. The zero-order chi connectivity index (χ0) is 18.2. The number of aromatic nitrogens is 1. The molecule has 3 fully saturated rings. The fourth-order valence-electron chi connectivity index (χ4n) is 4.72. The molecule has 3 aliphatic rings. The lowest BCUT2D eigenvalue weighted by Crippen LogP contribution is -2.52. The summed E-state index contributed by atoms with van der Waals surface area (Å²) in [6.07, 6.45) is 9.50. The summed E-state index contributed by atoms with van der Waals surface area (Å²) in [5.41, 5.74) is 0.165. The van der Waals surface area contributed by atoms with Gasteiger partial charge >= 0.3 is 0 Å². The van der Waals surface area contributed by atoms with Gasteiger partial charge in [0.1, 0.15) is 0 Å². The second kappa shape index (κ2) is 6.65. The fraction of sp³-hybridized carbons (Fsp3) is 0.650. The van der Waals surface area contributed by atoms with Crippen LogP contribution in [-0.4, -0.2) is 54.0 Å². The van der Waals surface area contributed by atoms with Crippen molar-refractivity contribution < 1.29 is 14.3 Å². The molecule has 4 rings (SSSR count). The lowest BCUT2D eigenvalue weighted by Gasteiger charge is -2.43. The van der Waals surface area contributed by atoms with Gasteiger partial charge in [-0.25, -0.2) is 0 Å². The highest BCUT2D eigenvalue weighted by Crippen LogP contribution is 2.43. The first-order chi connectivity index (χ1) is 12.6. The van der Waals surface area contributed by atoms with E-state index in [2.05, 4.69) is 4.98 Å². The summed E-state index contributed by atoms with van der Waals surface area (Å²) in [4.78, 5) is 34.0. The molecule has 0 N–H and O–H groups in total. The summed E-state index contributed by atoms with van der Waals surface area (Å²) < 4.78 is 5.62. The van der Waals surface area contributed by atoms with E-state index < -0.39 is 5.41 Å². The Morgan fingerprint density at radius 3 is 2.73 bits per heavy atom. The van der Waals surface area contributed by atoms with Crippen LogP contribution in [0.5, 0.6) is 0 Å². The standard InChI is InChI=1S/C20H27N3O3/c1-26-20(7-3-8-20)13-17(24)22-11-4-6-19(15-22)9-12-23(18(19)25)16-5-2-10-21-14-16/h2,5,10,14H,3-4,6-9,11-13,15H2,1H3. The largest absolute Gasteiger partial charge is 0.378 e. The maximum absolute atomic E-state index is 13.2. The third-order valence-corrected chi connectivity index (χ3v) is 6.57. The molecule has 1 saturated carbocycles. The van der Waals surface area contributed by atoms with Crippen molar-refractivity contribution in [2.24, 2.45) is 5.41 Å². The number of piperidine rings is 1. The van der Waals surface area contributed by atoms with Crippen molar-refractivity contribution in [3.8, 4) is 0 Å². The summed E-state index contributed by atoms with van der Waals surface area (Å²) >= 11 is 0. The molecule has 1 spiro atoms. The summed E-state index contributed by atoms with van der Waals surface area (Å²) in [5.74, 6) is 0.284. The molecule has 6 nitrogen and oxygen atoms in total. The number of hydrogen-bond donors (Lipinski definition) is 0. The zero-order valence-corrected chi connectivity index (χ0v) is 15.4. The van der Waals surface area contributed by atoms with E-state index in [9.17, 15) is 9.59 Å². The highest BCUT2D eigenvalue weighted by molar-refractivity contribution is 6.00. The molecule has 2 saturated heterocycles. The molecular weight excluding hydrogens is 330 g/mol. The molecule has 0 bridgehead atoms. The number of rotatable bonds is 4. The van der Waals surface area contributed by atoms with Crippen molar-refractivity contribution in [1.82, 2.24) is 9.88 Å². The first-order valence-electron chi connectivity index (χ1n) is 9.63. The third kappa shape index (κ3) is 2.90. The van der Waals surface area contributed by atoms with E-state index in [-0.39, 0.29) is 17.4 Å². The lowest BCUT2D eigenvalue weighted by molar-refractivity contribution is -0.148. The van der Waals surface area contributed by atoms with E-state index in [4.69, 9.17) is 4.74 Å². The maximum Gasteiger partial charge on any atom is 0.235 e. The zero-order valence-electron chi connectivity index (χ0n) is 15.4. The minimum absolute atomic E-state index is 0.137. The first-order valence-corrected chi connectivity index (χ1v) is 9.63. The summed E-state index contributed by atoms with van der Waals surface area (Å²) in [6.45, 7) is 2.00. The van der Waals surface area contributed by atoms with Crippen LogP contribution in [0.25, 0.3) is 0 Å². The van der Waals surface area contributed by atoms with Gasteiger partial charge in [0, 0.05) is 32.9 Å². The molecule has 1 aromatic rings. The van der Waals surface area contributed by atoms with Gasteiger partial charge in [-0.3, -0.25) is 14.6 Å². The Kier molecular flexibility index (Phi) is 4.47. The van der Waals surface area contributed by atoms with Crippen LogP contribution < -0.4 is 4.90 Å². The van der Waals surface area contributed by atoms with Gasteiger partial charge in [-0.2, -0.15) is 0 Å². The number of carbonyl (C=O) groups excluding carboxylic acids is 2. The van der Waals surface area contributed by atoms with Crippen molar-refractivity contribution in [1.29, 1.82) is 0 Å². The van der Waals surface area contributed by atoms with E-state index in [1.54, 1.807) is 19.5 Å².